The maximum atomic E-state index is 14.1. The Labute approximate surface area is 254 Å². The molecule has 3 aromatic carbocycles. The second-order valence-corrected chi connectivity index (χ2v) is 13.4. The Balaban J connectivity index is 2.11. The summed E-state index contributed by atoms with van der Waals surface area (Å²) in [6, 6.07) is 18.2. The summed E-state index contributed by atoms with van der Waals surface area (Å²) in [5.74, 6) is -0.956. The number of aryl methyl sites for hydroxylation is 1. The molecule has 0 aliphatic rings. The molecule has 0 unspecified atom stereocenters. The molecule has 1 atom stereocenters. The van der Waals surface area contributed by atoms with Crippen molar-refractivity contribution in [1.29, 1.82) is 0 Å². The highest BCUT2D eigenvalue weighted by Gasteiger charge is 2.34. The van der Waals surface area contributed by atoms with E-state index in [1.807, 2.05) is 51.1 Å². The predicted octanol–water partition coefficient (Wildman–Crippen LogP) is 6.00. The van der Waals surface area contributed by atoms with Crippen molar-refractivity contribution < 1.29 is 18.0 Å². The summed E-state index contributed by atoms with van der Waals surface area (Å²) in [6.07, 6.45) is 1.24. The van der Waals surface area contributed by atoms with Gasteiger partial charge in [-0.15, -0.1) is 0 Å². The maximum absolute atomic E-state index is 14.1. The molecule has 0 aliphatic carbocycles. The standard InChI is InChI=1S/C29H32BrCl2N3O4S/c1-19(2)33-29(37)27(16-21-9-6-5-7-10-21)34(17-23-25(31)11-8-12-26(23)32)28(36)18-35(40(4,38)39)22-13-14-24(30)20(3)15-22/h5-15,19,27H,16-18H2,1-4H3,(H,33,37)/t27-/m1/s1. The maximum Gasteiger partial charge on any atom is 0.244 e. The lowest BCUT2D eigenvalue weighted by Crippen LogP contribution is -2.54. The molecule has 2 amide bonds. The lowest BCUT2D eigenvalue weighted by molar-refractivity contribution is -0.140. The van der Waals surface area contributed by atoms with Crippen LogP contribution in [0.25, 0.3) is 0 Å². The summed E-state index contributed by atoms with van der Waals surface area (Å²) >= 11 is 16.4. The van der Waals surface area contributed by atoms with E-state index in [2.05, 4.69) is 21.2 Å². The van der Waals surface area contributed by atoms with E-state index in [0.29, 0.717) is 21.3 Å². The molecule has 11 heteroatoms. The van der Waals surface area contributed by atoms with Crippen LogP contribution in [-0.2, 0) is 32.6 Å². The van der Waals surface area contributed by atoms with Crippen LogP contribution < -0.4 is 9.62 Å². The number of hydrogen-bond acceptors (Lipinski definition) is 4. The van der Waals surface area contributed by atoms with E-state index in [4.69, 9.17) is 23.2 Å². The number of rotatable bonds is 11. The summed E-state index contributed by atoms with van der Waals surface area (Å²) in [4.78, 5) is 29.1. The minimum Gasteiger partial charge on any atom is -0.352 e. The van der Waals surface area contributed by atoms with Crippen LogP contribution in [0, 0.1) is 6.92 Å². The largest absolute Gasteiger partial charge is 0.352 e. The molecule has 3 aromatic rings. The van der Waals surface area contributed by atoms with Gasteiger partial charge >= 0.3 is 0 Å². The lowest BCUT2D eigenvalue weighted by atomic mass is 10.0. The van der Waals surface area contributed by atoms with E-state index in [9.17, 15) is 18.0 Å². The Morgan fingerprint density at radius 1 is 0.975 bits per heavy atom. The topological polar surface area (TPSA) is 86.8 Å². The SMILES string of the molecule is Cc1cc(N(CC(=O)N(Cc2c(Cl)cccc2Cl)[C@H](Cc2ccccc2)C(=O)NC(C)C)S(C)(=O)=O)ccc1Br. The molecule has 0 spiro atoms. The molecule has 0 heterocycles. The fourth-order valence-corrected chi connectivity index (χ4v) is 5.79. The van der Waals surface area contributed by atoms with E-state index < -0.39 is 28.5 Å². The lowest BCUT2D eigenvalue weighted by Gasteiger charge is -2.34. The van der Waals surface area contributed by atoms with Crippen LogP contribution in [0.5, 0.6) is 0 Å². The van der Waals surface area contributed by atoms with Crippen LogP contribution in [0.4, 0.5) is 5.69 Å². The fourth-order valence-electron chi connectivity index (χ4n) is 4.19. The molecule has 0 bridgehead atoms. The normalized spacial score (nSPS) is 12.2. The third kappa shape index (κ3) is 8.46. The molecule has 214 valence electrons. The summed E-state index contributed by atoms with van der Waals surface area (Å²) in [7, 11) is -3.87. The zero-order valence-corrected chi connectivity index (χ0v) is 26.6. The van der Waals surface area contributed by atoms with Crippen LogP contribution >= 0.6 is 39.1 Å². The molecule has 0 aliphatic heterocycles. The van der Waals surface area contributed by atoms with Crippen molar-refractivity contribution in [2.45, 2.75) is 45.8 Å². The van der Waals surface area contributed by atoms with Gasteiger partial charge in [0.1, 0.15) is 12.6 Å². The first-order valence-electron chi connectivity index (χ1n) is 12.6. The number of benzene rings is 3. The summed E-state index contributed by atoms with van der Waals surface area (Å²) in [5.41, 5.74) is 2.42. The van der Waals surface area contributed by atoms with E-state index in [-0.39, 0.29) is 24.9 Å². The average molecular weight is 669 g/mol. The van der Waals surface area contributed by atoms with Crippen LogP contribution in [0.1, 0.15) is 30.5 Å². The summed E-state index contributed by atoms with van der Waals surface area (Å²) in [5, 5.41) is 3.57. The number of halogens is 3. The molecule has 0 aromatic heterocycles. The Morgan fingerprint density at radius 2 is 1.60 bits per heavy atom. The van der Waals surface area contributed by atoms with Gasteiger partial charge in [0.15, 0.2) is 0 Å². The molecule has 0 saturated carbocycles. The van der Waals surface area contributed by atoms with Crippen molar-refractivity contribution >= 4 is 66.7 Å². The Morgan fingerprint density at radius 3 is 2.15 bits per heavy atom. The number of nitrogens with one attached hydrogen (secondary N) is 1. The number of anilines is 1. The average Bonchev–Trinajstić information content (AvgIpc) is 2.87. The van der Waals surface area contributed by atoms with Gasteiger partial charge < -0.3 is 10.2 Å². The minimum atomic E-state index is -3.87. The van der Waals surface area contributed by atoms with Gasteiger partial charge in [0.2, 0.25) is 21.8 Å². The number of carbonyl (C=O) groups is 2. The van der Waals surface area contributed by atoms with Crippen molar-refractivity contribution in [3.8, 4) is 0 Å². The Bertz CT molecular complexity index is 1450. The zero-order chi connectivity index (χ0) is 29.6. The molecule has 40 heavy (non-hydrogen) atoms. The Kier molecular flexibility index (Phi) is 11.1. The summed E-state index contributed by atoms with van der Waals surface area (Å²) in [6.45, 7) is 4.86. The third-order valence-corrected chi connectivity index (χ3v) is 8.94. The Hall–Kier alpha value is -2.59. The van der Waals surface area contributed by atoms with Crippen molar-refractivity contribution in [3.05, 3.63) is 97.9 Å². The van der Waals surface area contributed by atoms with E-state index in [1.54, 1.807) is 36.4 Å². The fraction of sp³-hybridized carbons (Fsp3) is 0.310. The van der Waals surface area contributed by atoms with Crippen LogP contribution in [0.2, 0.25) is 10.0 Å². The van der Waals surface area contributed by atoms with E-state index in [0.717, 1.165) is 26.2 Å². The van der Waals surface area contributed by atoms with Gasteiger partial charge in [-0.1, -0.05) is 75.5 Å². The van der Waals surface area contributed by atoms with Crippen LogP contribution in [0.15, 0.2) is 71.2 Å². The highest BCUT2D eigenvalue weighted by molar-refractivity contribution is 9.10. The smallest absolute Gasteiger partial charge is 0.244 e. The first-order valence-corrected chi connectivity index (χ1v) is 16.0. The first kappa shape index (κ1) is 31.9. The summed E-state index contributed by atoms with van der Waals surface area (Å²) < 4.78 is 27.7. The van der Waals surface area contributed by atoms with Crippen LogP contribution in [0.3, 0.4) is 0 Å². The van der Waals surface area contributed by atoms with Gasteiger partial charge in [0.25, 0.3) is 0 Å². The molecule has 0 saturated heterocycles. The van der Waals surface area contributed by atoms with Gasteiger partial charge in [0.05, 0.1) is 11.9 Å². The number of sulfonamides is 1. The number of hydrogen-bond donors (Lipinski definition) is 1. The van der Waals surface area contributed by atoms with Gasteiger partial charge in [-0.2, -0.15) is 0 Å². The van der Waals surface area contributed by atoms with Crippen molar-refractivity contribution in [2.24, 2.45) is 0 Å². The van der Waals surface area contributed by atoms with Crippen LogP contribution in [-0.4, -0.2) is 50.0 Å². The monoisotopic (exact) mass is 667 g/mol. The zero-order valence-electron chi connectivity index (χ0n) is 22.7. The predicted molar refractivity (Wildman–Crippen MR) is 165 cm³/mol. The van der Waals surface area contributed by atoms with Gasteiger partial charge in [-0.3, -0.25) is 13.9 Å². The molecule has 7 nitrogen and oxygen atoms in total. The van der Waals surface area contributed by atoms with E-state index >= 15 is 0 Å². The molecule has 3 rings (SSSR count). The highest BCUT2D eigenvalue weighted by Crippen LogP contribution is 2.29. The van der Waals surface area contributed by atoms with Crippen molar-refractivity contribution in [2.75, 3.05) is 17.1 Å². The molecule has 1 N–H and O–H groups in total. The highest BCUT2D eigenvalue weighted by atomic mass is 79.9. The number of carbonyl (C=O) groups excluding carboxylic acids is 2. The second-order valence-electron chi connectivity index (χ2n) is 9.79. The van der Waals surface area contributed by atoms with E-state index in [1.165, 1.54) is 4.90 Å². The third-order valence-electron chi connectivity index (χ3n) is 6.20. The quantitative estimate of drug-likeness (QED) is 0.272. The molecular weight excluding hydrogens is 637 g/mol. The van der Waals surface area contributed by atoms with Crippen molar-refractivity contribution in [1.82, 2.24) is 10.2 Å². The van der Waals surface area contributed by atoms with Gasteiger partial charge in [-0.05, 0) is 62.2 Å². The first-order chi connectivity index (χ1) is 18.8. The molecule has 0 radical (unpaired) electrons. The molecule has 0 fully saturated rings. The van der Waals surface area contributed by atoms with Gasteiger partial charge in [0, 0.05) is 39.1 Å². The number of amides is 2. The molecular formula is C29H32BrCl2N3O4S. The van der Waals surface area contributed by atoms with Gasteiger partial charge in [-0.25, -0.2) is 8.42 Å². The number of nitrogens with zero attached hydrogens (tertiary/aromatic N) is 2. The van der Waals surface area contributed by atoms with Crippen molar-refractivity contribution in [3.63, 3.8) is 0 Å². The second kappa shape index (κ2) is 13.9. The minimum absolute atomic E-state index is 0.0999.